The van der Waals surface area contributed by atoms with Gasteiger partial charge in [-0.1, -0.05) is 17.7 Å². The lowest BCUT2D eigenvalue weighted by molar-refractivity contribution is -0.144. The second-order valence-electron chi connectivity index (χ2n) is 7.38. The summed E-state index contributed by atoms with van der Waals surface area (Å²) in [6.07, 6.45) is -4.85. The smallest absolute Gasteiger partial charge is 0.307 e. The highest BCUT2D eigenvalue weighted by Gasteiger charge is 2.34. The Labute approximate surface area is 191 Å². The van der Waals surface area contributed by atoms with Gasteiger partial charge in [-0.05, 0) is 43.7 Å². The van der Waals surface area contributed by atoms with E-state index in [0.29, 0.717) is 4.68 Å². The number of halogens is 4. The van der Waals surface area contributed by atoms with Gasteiger partial charge in [0.25, 0.3) is 10.0 Å². The van der Waals surface area contributed by atoms with E-state index < -0.39 is 50.4 Å². The largest absolute Gasteiger partial charge is 0.433 e. The Morgan fingerprint density at radius 1 is 1.06 bits per heavy atom. The van der Waals surface area contributed by atoms with Crippen molar-refractivity contribution in [1.82, 2.24) is 14.5 Å². The average molecular weight is 498 g/mol. The van der Waals surface area contributed by atoms with Crippen LogP contribution in [0.3, 0.4) is 0 Å². The fourth-order valence-corrected chi connectivity index (χ4v) is 3.93. The molecule has 1 aromatic heterocycles. The molecule has 2 aromatic carbocycles. The number of anilines is 1. The summed E-state index contributed by atoms with van der Waals surface area (Å²) in [6, 6.07) is 6.72. The third-order valence-corrected chi connectivity index (χ3v) is 6.11. The van der Waals surface area contributed by atoms with Crippen molar-refractivity contribution < 1.29 is 30.8 Å². The summed E-state index contributed by atoms with van der Waals surface area (Å²) in [6.45, 7) is 3.15. The molecule has 0 bridgehead atoms. The zero-order valence-corrected chi connectivity index (χ0v) is 18.8. The summed E-state index contributed by atoms with van der Waals surface area (Å²) in [5, 5.41) is 5.79. The van der Waals surface area contributed by atoms with Gasteiger partial charge >= 0.3 is 12.2 Å². The number of hydrogen-bond donors (Lipinski definition) is 2. The number of aromatic nitrogens is 2. The molecule has 0 aliphatic heterocycles. The minimum atomic E-state index is -4.85. The Balaban J connectivity index is 1.94. The van der Waals surface area contributed by atoms with Crippen molar-refractivity contribution in [2.75, 3.05) is 5.32 Å². The first kappa shape index (κ1) is 24.9. The molecule has 0 spiro atoms. The summed E-state index contributed by atoms with van der Waals surface area (Å²) in [4.78, 5) is 24.4. The SMILES string of the molecule is Cc1ccc(S(=O)(=O)NC(=O)Nc2cc(-c3nn(C)c(C(F)(F)F)cc3=O)c(F)cc2C)cc1. The number of nitrogens with one attached hydrogen (secondary N) is 2. The van der Waals surface area contributed by atoms with Crippen molar-refractivity contribution in [2.24, 2.45) is 7.05 Å². The first-order chi connectivity index (χ1) is 15.7. The van der Waals surface area contributed by atoms with Gasteiger partial charge in [-0.3, -0.25) is 9.48 Å². The zero-order valence-electron chi connectivity index (χ0n) is 18.0. The Bertz CT molecular complexity index is 1430. The normalized spacial score (nSPS) is 11.9. The number of amides is 2. The van der Waals surface area contributed by atoms with Gasteiger partial charge in [0.1, 0.15) is 17.2 Å². The molecule has 0 radical (unpaired) electrons. The fraction of sp³-hybridized carbons (Fsp3) is 0.190. The molecule has 13 heteroatoms. The molecule has 0 saturated carbocycles. The minimum Gasteiger partial charge on any atom is -0.307 e. The van der Waals surface area contributed by atoms with E-state index >= 15 is 0 Å². The van der Waals surface area contributed by atoms with Crippen LogP contribution in [0.2, 0.25) is 0 Å². The summed E-state index contributed by atoms with van der Waals surface area (Å²) in [5.41, 5.74) is -2.73. The number of aryl methyl sites for hydroxylation is 3. The van der Waals surface area contributed by atoms with E-state index in [1.807, 2.05) is 4.72 Å². The molecule has 0 unspecified atom stereocenters. The number of rotatable bonds is 4. The number of carbonyl (C=O) groups is 1. The molecule has 180 valence electrons. The average Bonchev–Trinajstić information content (AvgIpc) is 2.70. The van der Waals surface area contributed by atoms with Crippen LogP contribution in [-0.4, -0.2) is 24.2 Å². The summed E-state index contributed by atoms with van der Waals surface area (Å²) < 4.78 is 80.6. The van der Waals surface area contributed by atoms with E-state index in [-0.39, 0.29) is 22.2 Å². The Morgan fingerprint density at radius 3 is 2.26 bits per heavy atom. The van der Waals surface area contributed by atoms with Gasteiger partial charge in [0.2, 0.25) is 5.43 Å². The maximum absolute atomic E-state index is 14.6. The number of carbonyl (C=O) groups excluding carboxylic acids is 1. The maximum atomic E-state index is 14.6. The molecule has 0 saturated heterocycles. The number of benzene rings is 2. The number of alkyl halides is 3. The molecule has 34 heavy (non-hydrogen) atoms. The van der Waals surface area contributed by atoms with Crippen LogP contribution >= 0.6 is 0 Å². The van der Waals surface area contributed by atoms with Crippen LogP contribution in [0, 0.1) is 19.7 Å². The predicted octanol–water partition coefficient (Wildman–Crippen LogP) is 3.73. The van der Waals surface area contributed by atoms with Crippen molar-refractivity contribution in [3.8, 4) is 11.3 Å². The molecule has 3 rings (SSSR count). The van der Waals surface area contributed by atoms with E-state index in [4.69, 9.17) is 0 Å². The molecule has 0 aliphatic carbocycles. The van der Waals surface area contributed by atoms with Gasteiger partial charge in [0.05, 0.1) is 4.90 Å². The van der Waals surface area contributed by atoms with E-state index in [2.05, 4.69) is 10.4 Å². The molecule has 2 N–H and O–H groups in total. The quantitative estimate of drug-likeness (QED) is 0.533. The summed E-state index contributed by atoms with van der Waals surface area (Å²) in [7, 11) is -3.27. The van der Waals surface area contributed by atoms with Gasteiger partial charge in [-0.2, -0.15) is 18.3 Å². The van der Waals surface area contributed by atoms with Crippen LogP contribution in [0.15, 0.2) is 52.2 Å². The van der Waals surface area contributed by atoms with Crippen LogP contribution in [-0.2, 0) is 23.2 Å². The van der Waals surface area contributed by atoms with Crippen LogP contribution in [0.1, 0.15) is 16.8 Å². The maximum Gasteiger partial charge on any atom is 0.433 e. The predicted molar refractivity (Wildman–Crippen MR) is 115 cm³/mol. The standard InChI is InChI=1S/C21H18F4N4O4S/c1-11-4-6-13(7-5-11)34(32,33)28-20(31)26-16-9-14(15(22)8-12(16)2)19-17(30)10-18(21(23,24)25)29(3)27-19/h4-10H,1-3H3,(H2,26,28,31). The highest BCUT2D eigenvalue weighted by Crippen LogP contribution is 2.30. The molecule has 3 aromatic rings. The zero-order chi connectivity index (χ0) is 25.4. The second-order valence-corrected chi connectivity index (χ2v) is 9.07. The fourth-order valence-electron chi connectivity index (χ4n) is 3.03. The Morgan fingerprint density at radius 2 is 1.68 bits per heavy atom. The van der Waals surface area contributed by atoms with E-state index in [0.717, 1.165) is 24.7 Å². The molecule has 0 aliphatic rings. The van der Waals surface area contributed by atoms with Gasteiger partial charge in [0.15, 0.2) is 0 Å². The topological polar surface area (TPSA) is 110 Å². The molecule has 1 heterocycles. The monoisotopic (exact) mass is 498 g/mol. The number of nitrogens with zero attached hydrogens (tertiary/aromatic N) is 2. The van der Waals surface area contributed by atoms with Crippen molar-refractivity contribution in [3.63, 3.8) is 0 Å². The lowest BCUT2D eigenvalue weighted by Gasteiger charge is -2.15. The molecular formula is C21H18F4N4O4S. The van der Waals surface area contributed by atoms with Gasteiger partial charge < -0.3 is 5.32 Å². The van der Waals surface area contributed by atoms with E-state index in [1.165, 1.54) is 19.1 Å². The lowest BCUT2D eigenvalue weighted by Crippen LogP contribution is -2.34. The van der Waals surface area contributed by atoms with E-state index in [1.54, 1.807) is 19.1 Å². The highest BCUT2D eigenvalue weighted by molar-refractivity contribution is 7.90. The Hall–Kier alpha value is -3.74. The van der Waals surface area contributed by atoms with Crippen LogP contribution in [0.5, 0.6) is 0 Å². The summed E-state index contributed by atoms with van der Waals surface area (Å²) >= 11 is 0. The van der Waals surface area contributed by atoms with Crippen LogP contribution in [0.4, 0.5) is 28.0 Å². The Kier molecular flexibility index (Phi) is 6.51. The molecule has 0 fully saturated rings. The van der Waals surface area contributed by atoms with Crippen molar-refractivity contribution >= 4 is 21.7 Å². The number of hydrogen-bond acceptors (Lipinski definition) is 5. The number of urea groups is 1. The van der Waals surface area contributed by atoms with Gasteiger partial charge in [-0.25, -0.2) is 22.3 Å². The van der Waals surface area contributed by atoms with Crippen molar-refractivity contribution in [2.45, 2.75) is 24.9 Å². The first-order valence-corrected chi connectivity index (χ1v) is 11.0. The molecular weight excluding hydrogens is 480 g/mol. The second kappa shape index (κ2) is 8.89. The molecule has 0 atom stereocenters. The lowest BCUT2D eigenvalue weighted by atomic mass is 10.1. The van der Waals surface area contributed by atoms with Crippen LogP contribution in [0.25, 0.3) is 11.3 Å². The minimum absolute atomic E-state index is 0.0863. The highest BCUT2D eigenvalue weighted by atomic mass is 32.2. The third-order valence-electron chi connectivity index (χ3n) is 4.77. The van der Waals surface area contributed by atoms with Crippen LogP contribution < -0.4 is 15.5 Å². The first-order valence-electron chi connectivity index (χ1n) is 9.55. The van der Waals surface area contributed by atoms with Gasteiger partial charge in [0, 0.05) is 24.4 Å². The molecule has 2 amide bonds. The van der Waals surface area contributed by atoms with Crippen molar-refractivity contribution in [3.05, 3.63) is 75.3 Å². The van der Waals surface area contributed by atoms with Gasteiger partial charge in [-0.15, -0.1) is 0 Å². The summed E-state index contributed by atoms with van der Waals surface area (Å²) in [5.74, 6) is -0.972. The van der Waals surface area contributed by atoms with E-state index in [9.17, 15) is 35.6 Å². The molecule has 8 nitrogen and oxygen atoms in total. The number of sulfonamides is 1. The third kappa shape index (κ3) is 5.25. The van der Waals surface area contributed by atoms with Crippen molar-refractivity contribution in [1.29, 1.82) is 0 Å².